The number of allylic oxidation sites excluding steroid dienone is 3. The first-order valence-corrected chi connectivity index (χ1v) is 22.8. The van der Waals surface area contributed by atoms with Crippen molar-refractivity contribution < 1.29 is 62.5 Å². The minimum atomic E-state index is -0.603. The van der Waals surface area contributed by atoms with Gasteiger partial charge in [-0.1, -0.05) is 36.4 Å². The topological polar surface area (TPSA) is 310 Å². The summed E-state index contributed by atoms with van der Waals surface area (Å²) in [7, 11) is 0. The van der Waals surface area contributed by atoms with Crippen LogP contribution in [0.4, 0.5) is 31.4 Å². The van der Waals surface area contributed by atoms with E-state index in [2.05, 4.69) is 47.9 Å². The van der Waals surface area contributed by atoms with Crippen molar-refractivity contribution in [2.24, 2.45) is 0 Å². The van der Waals surface area contributed by atoms with Gasteiger partial charge in [-0.05, 0) is 102 Å². The van der Waals surface area contributed by atoms with Gasteiger partial charge < -0.3 is 67.2 Å². The van der Waals surface area contributed by atoms with Gasteiger partial charge in [0, 0.05) is 61.5 Å². The molecule has 0 bridgehead atoms. The van der Waals surface area contributed by atoms with E-state index in [0.29, 0.717) is 50.9 Å². The number of carbonyl (C=O) groups is 9. The highest BCUT2D eigenvalue weighted by Gasteiger charge is 2.34. The van der Waals surface area contributed by atoms with Crippen molar-refractivity contribution in [3.05, 3.63) is 123 Å². The van der Waals surface area contributed by atoms with Gasteiger partial charge in [-0.3, -0.25) is 14.4 Å². The van der Waals surface area contributed by atoms with Gasteiger partial charge >= 0.3 is 36.0 Å². The molecule has 3 heterocycles. The Bertz CT molecular complexity index is 2290. The van der Waals surface area contributed by atoms with Crippen LogP contribution < -0.4 is 47.9 Å². The summed E-state index contributed by atoms with van der Waals surface area (Å²) >= 11 is 0. The molecule has 3 aliphatic heterocycles. The average Bonchev–Trinajstić information content (AvgIpc) is 3.29. The van der Waals surface area contributed by atoms with Crippen LogP contribution in [0.3, 0.4) is 0 Å². The number of esters is 3. The Kier molecular flexibility index (Phi) is 22.6. The van der Waals surface area contributed by atoms with Crippen molar-refractivity contribution in [2.45, 2.75) is 87.4 Å². The van der Waals surface area contributed by atoms with Gasteiger partial charge in [-0.25, -0.2) is 28.8 Å². The summed E-state index contributed by atoms with van der Waals surface area (Å²) in [5.41, 5.74) is 6.54. The van der Waals surface area contributed by atoms with Crippen molar-refractivity contribution in [3.8, 4) is 0 Å². The summed E-state index contributed by atoms with van der Waals surface area (Å²) in [4.78, 5) is 105. The molecule has 3 aliphatic rings. The summed E-state index contributed by atoms with van der Waals surface area (Å²) < 4.78 is 15.2. The number of ether oxygens (including phenoxy) is 3. The number of aliphatic hydroxyl groups is 1. The van der Waals surface area contributed by atoms with Crippen LogP contribution in [0.5, 0.6) is 0 Å². The molecule has 22 heteroatoms. The first kappa shape index (κ1) is 57.8. The molecule has 0 radical (unpaired) electrons. The van der Waals surface area contributed by atoms with Crippen LogP contribution >= 0.6 is 0 Å². The van der Waals surface area contributed by atoms with Gasteiger partial charge in [0.1, 0.15) is 0 Å². The minimum Gasteiger partial charge on any atom is -0.463 e. The van der Waals surface area contributed by atoms with E-state index in [-0.39, 0.29) is 62.2 Å². The molecule has 3 aromatic rings. The van der Waals surface area contributed by atoms with Crippen molar-refractivity contribution in [1.29, 1.82) is 0 Å². The fourth-order valence-electron chi connectivity index (χ4n) is 7.16. The third-order valence-corrected chi connectivity index (χ3v) is 9.99. The molecule has 0 saturated carbocycles. The Hall–Kier alpha value is -8.53. The van der Waals surface area contributed by atoms with Crippen LogP contribution in [0.2, 0.25) is 0 Å². The third kappa shape index (κ3) is 17.2. The Morgan fingerprint density at radius 3 is 0.833 bits per heavy atom. The maximum atomic E-state index is 12.2. The predicted molar refractivity (Wildman–Crippen MR) is 266 cm³/mol. The lowest BCUT2D eigenvalue weighted by molar-refractivity contribution is -0.140. The maximum absolute atomic E-state index is 12.2. The minimum absolute atomic E-state index is 0.170. The second-order valence-electron chi connectivity index (χ2n) is 15.6. The molecule has 3 atom stereocenters. The zero-order valence-electron chi connectivity index (χ0n) is 41.8. The van der Waals surface area contributed by atoms with Crippen molar-refractivity contribution in [3.63, 3.8) is 0 Å². The van der Waals surface area contributed by atoms with E-state index < -0.39 is 36.0 Å². The molecule has 0 saturated heterocycles. The zero-order valence-corrected chi connectivity index (χ0v) is 41.8. The molecule has 0 fully saturated rings. The van der Waals surface area contributed by atoms with Gasteiger partial charge in [-0.2, -0.15) is 0 Å². The quantitative estimate of drug-likeness (QED) is 0.0792. The second-order valence-corrected chi connectivity index (χ2v) is 15.6. The first-order chi connectivity index (χ1) is 34.2. The van der Waals surface area contributed by atoms with Gasteiger partial charge in [-0.15, -0.1) is 0 Å². The summed E-state index contributed by atoms with van der Waals surface area (Å²) in [5.74, 6) is -1.95. The number of aliphatic hydroxyl groups excluding tert-OH is 1. The highest BCUT2D eigenvalue weighted by atomic mass is 16.5. The highest BCUT2D eigenvalue weighted by molar-refractivity contribution is 5.97. The molecule has 9 amide bonds. The summed E-state index contributed by atoms with van der Waals surface area (Å²) in [6.07, 6.45) is 0. The molecule has 3 aromatic carbocycles. The lowest BCUT2D eigenvalue weighted by Crippen LogP contribution is -2.45. The standard InChI is InChI=1S/3C16H19N3O4.C2H6O/c3*1-4-23-15(21)13-9(2)17-16(22)19-14(13)11-5-7-12(8-6-11)18-10(3)20;1-2-3/h3*5-8,14H,4H2,1-3H3,(H,18,20)(H2,17,19,22);3H,2H2,1H3. The lowest BCUT2D eigenvalue weighted by Gasteiger charge is -2.28. The number of anilines is 3. The van der Waals surface area contributed by atoms with Crippen LogP contribution in [0, 0.1) is 0 Å². The average molecular weight is 998 g/mol. The van der Waals surface area contributed by atoms with E-state index in [9.17, 15) is 43.2 Å². The zero-order chi connectivity index (χ0) is 53.7. The van der Waals surface area contributed by atoms with Gasteiger partial charge in [0.2, 0.25) is 17.7 Å². The van der Waals surface area contributed by atoms with Crippen LogP contribution in [-0.2, 0) is 43.0 Å². The van der Waals surface area contributed by atoms with Crippen molar-refractivity contribution in [1.82, 2.24) is 31.9 Å². The Labute approximate surface area is 417 Å². The maximum Gasteiger partial charge on any atom is 0.338 e. The fraction of sp³-hybridized carbons (Fsp3) is 0.340. The third-order valence-electron chi connectivity index (χ3n) is 9.99. The molecule has 0 aliphatic carbocycles. The molecule has 0 aromatic heterocycles. The smallest absolute Gasteiger partial charge is 0.338 e. The van der Waals surface area contributed by atoms with Crippen LogP contribution in [-0.4, -0.2) is 85.3 Å². The van der Waals surface area contributed by atoms with E-state index in [1.54, 1.807) is 121 Å². The van der Waals surface area contributed by atoms with Gasteiger partial charge in [0.25, 0.3) is 0 Å². The van der Waals surface area contributed by atoms with E-state index in [1.807, 2.05) is 0 Å². The molecule has 386 valence electrons. The van der Waals surface area contributed by atoms with Gasteiger partial charge in [0.05, 0.1) is 54.7 Å². The van der Waals surface area contributed by atoms with Crippen molar-refractivity contribution >= 4 is 70.8 Å². The first-order valence-electron chi connectivity index (χ1n) is 22.8. The molecular weight excluding hydrogens is 935 g/mol. The number of nitrogens with one attached hydrogen (secondary N) is 9. The summed E-state index contributed by atoms with van der Waals surface area (Å²) in [6.45, 7) is 17.1. The van der Waals surface area contributed by atoms with Crippen LogP contribution in [0.25, 0.3) is 0 Å². The normalized spacial score (nSPS) is 16.7. The number of benzene rings is 3. The highest BCUT2D eigenvalue weighted by Crippen LogP contribution is 2.31. The Balaban J connectivity index is 0.000000277. The molecule has 6 rings (SSSR count). The molecule has 10 N–H and O–H groups in total. The summed E-state index contributed by atoms with van der Waals surface area (Å²) in [5, 5.41) is 31.4. The number of hydrogen-bond donors (Lipinski definition) is 10. The molecule has 0 spiro atoms. The lowest BCUT2D eigenvalue weighted by atomic mass is 9.95. The second kappa shape index (κ2) is 28.2. The van der Waals surface area contributed by atoms with E-state index in [0.717, 1.165) is 16.7 Å². The molecule has 72 heavy (non-hydrogen) atoms. The fourth-order valence-corrected chi connectivity index (χ4v) is 7.16. The molecule has 3 unspecified atom stereocenters. The van der Waals surface area contributed by atoms with Crippen LogP contribution in [0.1, 0.15) is 104 Å². The SMILES string of the molecule is CCO.CCOC(=O)C1=C(C)NC(=O)NC1c1ccc(NC(C)=O)cc1.CCOC(=O)C1=C(C)NC(=O)NC1c1ccc(NC(C)=O)cc1.CCOC(=O)C1=C(C)NC(=O)NC1c1ccc(NC(C)=O)cc1. The number of urea groups is 3. The van der Waals surface area contributed by atoms with Gasteiger partial charge in [0.15, 0.2) is 0 Å². The number of amides is 9. The predicted octanol–water partition coefficient (Wildman–Crippen LogP) is 5.51. The molecule has 22 nitrogen and oxygen atoms in total. The largest absolute Gasteiger partial charge is 0.463 e. The summed E-state index contributed by atoms with van der Waals surface area (Å²) in [6, 6.07) is 17.8. The monoisotopic (exact) mass is 997 g/mol. The Morgan fingerprint density at radius 1 is 0.444 bits per heavy atom. The molecular formula is C50H63N9O13. The number of rotatable bonds is 12. The van der Waals surface area contributed by atoms with Crippen molar-refractivity contribution in [2.75, 3.05) is 42.4 Å². The van der Waals surface area contributed by atoms with E-state index >= 15 is 0 Å². The Morgan fingerprint density at radius 2 is 0.653 bits per heavy atom. The van der Waals surface area contributed by atoms with E-state index in [1.165, 1.54) is 20.8 Å². The van der Waals surface area contributed by atoms with Crippen LogP contribution in [0.15, 0.2) is 107 Å². The number of hydrogen-bond acceptors (Lipinski definition) is 13. The van der Waals surface area contributed by atoms with E-state index in [4.69, 9.17) is 19.3 Å². The number of carbonyl (C=O) groups excluding carboxylic acids is 9.